The molecule has 0 heterocycles. The Hall–Kier alpha value is -1.14. The Labute approximate surface area is 127 Å². The lowest BCUT2D eigenvalue weighted by Gasteiger charge is -2.25. The van der Waals surface area contributed by atoms with Crippen LogP contribution in [0.1, 0.15) is 12.5 Å². The van der Waals surface area contributed by atoms with Crippen LogP contribution in [0.15, 0.2) is 22.7 Å². The summed E-state index contributed by atoms with van der Waals surface area (Å²) >= 11 is 8.47. The molecule has 0 bridgehead atoms. The van der Waals surface area contributed by atoms with E-state index in [1.165, 1.54) is 0 Å². The molecule has 1 aromatic rings. The van der Waals surface area contributed by atoms with Crippen molar-refractivity contribution in [2.24, 2.45) is 11.7 Å². The lowest BCUT2D eigenvalue weighted by Crippen LogP contribution is -2.35. The first-order valence-corrected chi connectivity index (χ1v) is 7.09. The molecule has 1 rings (SSSR count). The second-order valence-corrected chi connectivity index (χ2v) is 5.78. The van der Waals surface area contributed by atoms with Crippen molar-refractivity contribution in [1.82, 2.24) is 5.32 Å². The van der Waals surface area contributed by atoms with Crippen LogP contribution in [-0.4, -0.2) is 31.5 Å². The average Bonchev–Trinajstić information content (AvgIpc) is 2.37. The highest BCUT2D eigenvalue weighted by atomic mass is 79.9. The summed E-state index contributed by atoms with van der Waals surface area (Å²) in [6, 6.07) is 5.76. The number of benzene rings is 1. The summed E-state index contributed by atoms with van der Waals surface area (Å²) in [5.74, 6) is -0.0984. The predicted octanol–water partition coefficient (Wildman–Crippen LogP) is 1.90. The second-order valence-electron chi connectivity index (χ2n) is 4.42. The molecule has 19 heavy (non-hydrogen) atoms. The Kier molecular flexibility index (Phi) is 5.75. The number of halogens is 1. The number of carbonyl (C=O) groups excluding carboxylic acids is 1. The molecule has 1 amide bonds. The van der Waals surface area contributed by atoms with Gasteiger partial charge >= 0.3 is 0 Å². The zero-order chi connectivity index (χ0) is 14.6. The van der Waals surface area contributed by atoms with Crippen LogP contribution in [0.4, 0.5) is 5.69 Å². The molecule has 0 aliphatic heterocycles. The van der Waals surface area contributed by atoms with E-state index in [0.29, 0.717) is 11.5 Å². The van der Waals surface area contributed by atoms with E-state index in [0.717, 1.165) is 15.7 Å². The Morgan fingerprint density at radius 1 is 1.58 bits per heavy atom. The summed E-state index contributed by atoms with van der Waals surface area (Å²) in [6.07, 6.45) is 0. The number of nitrogens with zero attached hydrogens (tertiary/aromatic N) is 1. The maximum absolute atomic E-state index is 11.6. The maximum Gasteiger partial charge on any atom is 0.224 e. The van der Waals surface area contributed by atoms with Gasteiger partial charge in [-0.25, -0.2) is 0 Å². The van der Waals surface area contributed by atoms with E-state index < -0.39 is 0 Å². The normalized spacial score (nSPS) is 11.8. The highest BCUT2D eigenvalue weighted by Gasteiger charge is 2.16. The summed E-state index contributed by atoms with van der Waals surface area (Å²) in [7, 11) is 3.56. The minimum atomic E-state index is -0.113. The van der Waals surface area contributed by atoms with Gasteiger partial charge in [0.25, 0.3) is 0 Å². The zero-order valence-corrected chi connectivity index (χ0v) is 13.6. The van der Waals surface area contributed by atoms with Gasteiger partial charge in [0.05, 0.1) is 5.92 Å². The van der Waals surface area contributed by atoms with Crippen LogP contribution in [0.25, 0.3) is 0 Å². The quantitative estimate of drug-likeness (QED) is 0.801. The molecule has 0 radical (unpaired) electrons. The third-order valence-corrected chi connectivity index (χ3v) is 3.59. The molecule has 1 aromatic carbocycles. The fourth-order valence-corrected chi connectivity index (χ4v) is 2.40. The van der Waals surface area contributed by atoms with Gasteiger partial charge < -0.3 is 16.0 Å². The Bertz CT molecular complexity index is 493. The van der Waals surface area contributed by atoms with Crippen molar-refractivity contribution in [3.63, 3.8) is 0 Å². The fraction of sp³-hybridized carbons (Fsp3) is 0.385. The van der Waals surface area contributed by atoms with Crippen molar-refractivity contribution < 1.29 is 4.79 Å². The van der Waals surface area contributed by atoms with Crippen LogP contribution in [0.3, 0.4) is 0 Å². The standard InChI is InChI=1S/C13H18BrN3OS/c1-8(13(18)16-2)7-17(3)11-5-4-9(14)6-10(11)12(15)19/h4-6,8H,7H2,1-3H3,(H2,15,19)(H,16,18). The topological polar surface area (TPSA) is 58.4 Å². The average molecular weight is 344 g/mol. The van der Waals surface area contributed by atoms with Crippen LogP contribution >= 0.6 is 28.1 Å². The first kappa shape index (κ1) is 15.9. The van der Waals surface area contributed by atoms with Gasteiger partial charge in [0.2, 0.25) is 5.91 Å². The Balaban J connectivity index is 2.96. The largest absolute Gasteiger partial charge is 0.389 e. The number of hydrogen-bond donors (Lipinski definition) is 2. The molecule has 0 aliphatic rings. The molecule has 0 aromatic heterocycles. The van der Waals surface area contributed by atoms with E-state index in [1.54, 1.807) is 7.05 Å². The minimum absolute atomic E-state index is 0.0147. The highest BCUT2D eigenvalue weighted by Crippen LogP contribution is 2.24. The summed E-state index contributed by atoms with van der Waals surface area (Å²) < 4.78 is 0.923. The van der Waals surface area contributed by atoms with Gasteiger partial charge in [-0.05, 0) is 18.2 Å². The van der Waals surface area contributed by atoms with Gasteiger partial charge in [-0.3, -0.25) is 4.79 Å². The molecular weight excluding hydrogens is 326 g/mol. The number of carbonyl (C=O) groups is 1. The molecule has 0 saturated heterocycles. The van der Waals surface area contributed by atoms with E-state index in [2.05, 4.69) is 21.2 Å². The Morgan fingerprint density at radius 2 is 2.21 bits per heavy atom. The van der Waals surface area contributed by atoms with Gasteiger partial charge in [-0.15, -0.1) is 0 Å². The first-order chi connectivity index (χ1) is 8.86. The summed E-state index contributed by atoms with van der Waals surface area (Å²) in [5.41, 5.74) is 7.47. The second kappa shape index (κ2) is 6.86. The van der Waals surface area contributed by atoms with Crippen LogP contribution in [0.2, 0.25) is 0 Å². The third kappa shape index (κ3) is 4.18. The van der Waals surface area contributed by atoms with Gasteiger partial charge in [0, 0.05) is 36.4 Å². The van der Waals surface area contributed by atoms with E-state index in [9.17, 15) is 4.79 Å². The van der Waals surface area contributed by atoms with Crippen molar-refractivity contribution in [3.05, 3.63) is 28.2 Å². The first-order valence-electron chi connectivity index (χ1n) is 5.89. The van der Waals surface area contributed by atoms with E-state index in [1.807, 2.05) is 37.1 Å². The summed E-state index contributed by atoms with van der Waals surface area (Å²) in [4.78, 5) is 13.9. The number of amides is 1. The SMILES string of the molecule is CNC(=O)C(C)CN(C)c1ccc(Br)cc1C(N)=S. The van der Waals surface area contributed by atoms with Gasteiger partial charge in [-0.2, -0.15) is 0 Å². The van der Waals surface area contributed by atoms with Gasteiger partial charge in [0.15, 0.2) is 0 Å². The van der Waals surface area contributed by atoms with Crippen LogP contribution in [0, 0.1) is 5.92 Å². The van der Waals surface area contributed by atoms with Crippen molar-refractivity contribution in [2.75, 3.05) is 25.5 Å². The van der Waals surface area contributed by atoms with Crippen LogP contribution in [0.5, 0.6) is 0 Å². The number of nitrogens with two attached hydrogens (primary N) is 1. The molecule has 6 heteroatoms. The Morgan fingerprint density at radius 3 is 2.74 bits per heavy atom. The van der Waals surface area contributed by atoms with Crippen molar-refractivity contribution in [1.29, 1.82) is 0 Å². The lowest BCUT2D eigenvalue weighted by atomic mass is 10.1. The molecule has 104 valence electrons. The monoisotopic (exact) mass is 343 g/mol. The van der Waals surface area contributed by atoms with Gasteiger partial charge in [0.1, 0.15) is 4.99 Å². The molecule has 0 saturated carbocycles. The van der Waals surface area contributed by atoms with Gasteiger partial charge in [-0.1, -0.05) is 35.1 Å². The van der Waals surface area contributed by atoms with Crippen molar-refractivity contribution in [3.8, 4) is 0 Å². The molecule has 0 aliphatic carbocycles. The smallest absolute Gasteiger partial charge is 0.224 e. The molecule has 1 atom stereocenters. The molecule has 3 N–H and O–H groups in total. The maximum atomic E-state index is 11.6. The highest BCUT2D eigenvalue weighted by molar-refractivity contribution is 9.10. The van der Waals surface area contributed by atoms with Crippen molar-refractivity contribution >= 4 is 44.7 Å². The number of thiocarbonyl (C=S) groups is 1. The van der Waals surface area contributed by atoms with Crippen LogP contribution in [-0.2, 0) is 4.79 Å². The summed E-state index contributed by atoms with van der Waals surface area (Å²) in [6.45, 7) is 2.48. The molecular formula is C13H18BrN3OS. The number of hydrogen-bond acceptors (Lipinski definition) is 3. The predicted molar refractivity (Wildman–Crippen MR) is 86.5 cm³/mol. The molecule has 0 spiro atoms. The number of rotatable bonds is 5. The number of nitrogens with one attached hydrogen (secondary N) is 1. The molecule has 4 nitrogen and oxygen atoms in total. The van der Waals surface area contributed by atoms with Crippen molar-refractivity contribution in [2.45, 2.75) is 6.92 Å². The van der Waals surface area contributed by atoms with E-state index in [4.69, 9.17) is 18.0 Å². The lowest BCUT2D eigenvalue weighted by molar-refractivity contribution is -0.123. The molecule has 1 unspecified atom stereocenters. The van der Waals surface area contributed by atoms with Crippen LogP contribution < -0.4 is 16.0 Å². The summed E-state index contributed by atoms with van der Waals surface area (Å²) in [5, 5.41) is 2.64. The van der Waals surface area contributed by atoms with E-state index >= 15 is 0 Å². The third-order valence-electron chi connectivity index (χ3n) is 2.88. The minimum Gasteiger partial charge on any atom is -0.389 e. The van der Waals surface area contributed by atoms with E-state index in [-0.39, 0.29) is 11.8 Å². The molecule has 0 fully saturated rings. The fourth-order valence-electron chi connectivity index (χ4n) is 1.88. The zero-order valence-electron chi connectivity index (χ0n) is 11.2. The number of anilines is 1.